The van der Waals surface area contributed by atoms with Crippen molar-refractivity contribution in [3.05, 3.63) is 65.9 Å². The molecular weight excluding hydrogens is 302 g/mol. The van der Waals surface area contributed by atoms with Crippen LogP contribution in [-0.4, -0.2) is 22.5 Å². The lowest BCUT2D eigenvalue weighted by Gasteiger charge is -2.07. The Hall–Kier alpha value is -3.21. The Kier molecular flexibility index (Phi) is 3.27. The molecule has 5 heteroatoms. The number of aliphatic imine (C=N–C) groups is 1. The van der Waals surface area contributed by atoms with Gasteiger partial charge in [-0.3, -0.25) is 14.9 Å². The van der Waals surface area contributed by atoms with E-state index in [1.54, 1.807) is 6.20 Å². The molecule has 1 atom stereocenters. The van der Waals surface area contributed by atoms with Crippen molar-refractivity contribution in [1.29, 1.82) is 0 Å². The second-order valence-electron chi connectivity index (χ2n) is 5.88. The molecule has 0 radical (unpaired) electrons. The van der Waals surface area contributed by atoms with Crippen molar-refractivity contribution < 1.29 is 9.59 Å². The molecule has 4 rings (SSSR count). The third kappa shape index (κ3) is 2.31. The summed E-state index contributed by atoms with van der Waals surface area (Å²) in [7, 11) is 0. The maximum absolute atomic E-state index is 12.4. The molecule has 2 N–H and O–H groups in total. The molecule has 1 fully saturated rings. The van der Waals surface area contributed by atoms with Gasteiger partial charge in [-0.15, -0.1) is 0 Å². The molecule has 0 saturated carbocycles. The maximum Gasteiger partial charge on any atom is 0.273 e. The molecule has 0 spiro atoms. The Morgan fingerprint density at radius 3 is 2.71 bits per heavy atom. The van der Waals surface area contributed by atoms with Crippen LogP contribution in [0.3, 0.4) is 0 Å². The van der Waals surface area contributed by atoms with Gasteiger partial charge in [0.2, 0.25) is 5.91 Å². The molecule has 1 aliphatic heterocycles. The van der Waals surface area contributed by atoms with Gasteiger partial charge in [-0.2, -0.15) is 0 Å². The Balaban J connectivity index is 1.86. The van der Waals surface area contributed by atoms with Crippen LogP contribution in [0.2, 0.25) is 0 Å². The molecular formula is C19H15N3O2. The first-order valence-corrected chi connectivity index (χ1v) is 7.70. The van der Waals surface area contributed by atoms with Gasteiger partial charge in [0.25, 0.3) is 5.91 Å². The quantitative estimate of drug-likeness (QED) is 0.713. The molecule has 1 unspecified atom stereocenters. The lowest BCUT2D eigenvalue weighted by Crippen LogP contribution is -2.22. The van der Waals surface area contributed by atoms with E-state index in [0.717, 1.165) is 22.0 Å². The van der Waals surface area contributed by atoms with E-state index in [4.69, 9.17) is 0 Å². The minimum Gasteiger partial charge on any atom is -0.361 e. The monoisotopic (exact) mass is 317 g/mol. The minimum atomic E-state index is -0.700. The molecule has 118 valence electrons. The summed E-state index contributed by atoms with van der Waals surface area (Å²) in [6.07, 6.45) is 1.78. The van der Waals surface area contributed by atoms with Crippen LogP contribution in [0.5, 0.6) is 0 Å². The summed E-state index contributed by atoms with van der Waals surface area (Å²) in [4.78, 5) is 32.2. The molecule has 24 heavy (non-hydrogen) atoms. The first kappa shape index (κ1) is 14.4. The molecule has 2 amide bonds. The fourth-order valence-corrected chi connectivity index (χ4v) is 3.08. The van der Waals surface area contributed by atoms with E-state index in [2.05, 4.69) is 15.3 Å². The van der Waals surface area contributed by atoms with Crippen LogP contribution in [0.25, 0.3) is 10.9 Å². The number of hydrogen-bond acceptors (Lipinski definition) is 3. The third-order valence-electron chi connectivity index (χ3n) is 4.19. The summed E-state index contributed by atoms with van der Waals surface area (Å²) in [6.45, 7) is 1.96. The number of nitrogens with zero attached hydrogens (tertiary/aromatic N) is 1. The molecule has 3 aromatic rings. The summed E-state index contributed by atoms with van der Waals surface area (Å²) in [5.74, 6) is -1.47. The van der Waals surface area contributed by atoms with Crippen molar-refractivity contribution >= 4 is 34.1 Å². The van der Waals surface area contributed by atoms with Crippen LogP contribution < -0.4 is 5.32 Å². The Labute approximate surface area is 138 Å². The van der Waals surface area contributed by atoms with E-state index >= 15 is 0 Å². The number of rotatable bonds is 2. The van der Waals surface area contributed by atoms with Crippen molar-refractivity contribution in [2.45, 2.75) is 12.8 Å². The van der Waals surface area contributed by atoms with Gasteiger partial charge in [0.05, 0.1) is 5.69 Å². The minimum absolute atomic E-state index is 0.232. The Morgan fingerprint density at radius 1 is 1.04 bits per heavy atom. The molecule has 1 aliphatic rings. The number of aromatic amines is 1. The van der Waals surface area contributed by atoms with Crippen LogP contribution in [0.4, 0.5) is 5.69 Å². The summed E-state index contributed by atoms with van der Waals surface area (Å²) in [5, 5.41) is 3.30. The molecule has 1 aromatic heterocycles. The number of benzene rings is 2. The topological polar surface area (TPSA) is 74.3 Å². The summed E-state index contributed by atoms with van der Waals surface area (Å²) < 4.78 is 0. The lowest BCUT2D eigenvalue weighted by molar-refractivity contribution is -0.124. The number of carbonyl (C=O) groups excluding carboxylic acids is 2. The van der Waals surface area contributed by atoms with E-state index < -0.39 is 11.8 Å². The number of hydrogen-bond donors (Lipinski definition) is 2. The fraction of sp³-hybridized carbons (Fsp3) is 0.105. The van der Waals surface area contributed by atoms with E-state index in [0.29, 0.717) is 5.69 Å². The zero-order chi connectivity index (χ0) is 16.7. The average molecular weight is 317 g/mol. The predicted octanol–water partition coefficient (Wildman–Crippen LogP) is 2.99. The molecule has 2 aromatic carbocycles. The molecule has 5 nitrogen and oxygen atoms in total. The number of aryl methyl sites for hydroxylation is 1. The number of fused-ring (bicyclic) bond motifs is 1. The zero-order valence-corrected chi connectivity index (χ0v) is 13.0. The molecule has 0 aliphatic carbocycles. The highest BCUT2D eigenvalue weighted by Crippen LogP contribution is 2.31. The number of nitrogens with one attached hydrogen (secondary N) is 2. The highest BCUT2D eigenvalue weighted by molar-refractivity contribution is 6.52. The van der Waals surface area contributed by atoms with Crippen LogP contribution >= 0.6 is 0 Å². The molecule has 2 heterocycles. The molecule has 0 bridgehead atoms. The summed E-state index contributed by atoms with van der Waals surface area (Å²) in [5.41, 5.74) is 3.63. The van der Waals surface area contributed by atoms with Gasteiger partial charge in [-0.05, 0) is 36.2 Å². The largest absolute Gasteiger partial charge is 0.361 e. The van der Waals surface area contributed by atoms with Crippen molar-refractivity contribution in [1.82, 2.24) is 10.3 Å². The summed E-state index contributed by atoms with van der Waals surface area (Å²) >= 11 is 0. The van der Waals surface area contributed by atoms with Crippen molar-refractivity contribution in [2.75, 3.05) is 0 Å². The molecule has 1 saturated heterocycles. The van der Waals surface area contributed by atoms with Crippen molar-refractivity contribution in [3.8, 4) is 0 Å². The number of para-hydroxylation sites is 1. The number of H-pyrrole nitrogens is 1. The van der Waals surface area contributed by atoms with Gasteiger partial charge in [-0.25, -0.2) is 4.99 Å². The van der Waals surface area contributed by atoms with Gasteiger partial charge < -0.3 is 4.98 Å². The van der Waals surface area contributed by atoms with Crippen LogP contribution in [-0.2, 0) is 9.59 Å². The van der Waals surface area contributed by atoms with Crippen LogP contribution in [0, 0.1) is 6.92 Å². The van der Waals surface area contributed by atoms with Crippen molar-refractivity contribution in [2.24, 2.45) is 4.99 Å². The van der Waals surface area contributed by atoms with Crippen LogP contribution in [0.1, 0.15) is 17.0 Å². The first-order chi connectivity index (χ1) is 11.6. The lowest BCUT2D eigenvalue weighted by atomic mass is 9.95. The standard InChI is InChI=1S/C19H15N3O2/c1-11-5-4-6-12(9-11)21-17-16(18(23)22-19(17)24)14-10-20-15-8-3-2-7-13(14)15/h2-10,16,20H,1H3,(H,22,23,24). The van der Waals surface area contributed by atoms with Gasteiger partial charge in [0.1, 0.15) is 11.6 Å². The SMILES string of the molecule is Cc1cccc(N=C2C(=O)NC(=O)C2c2c[nH]c3ccccc23)c1. The average Bonchev–Trinajstić information content (AvgIpc) is 3.09. The number of aromatic nitrogens is 1. The van der Waals surface area contributed by atoms with E-state index in [-0.39, 0.29) is 11.6 Å². The number of imide groups is 1. The highest BCUT2D eigenvalue weighted by Gasteiger charge is 2.40. The van der Waals surface area contributed by atoms with E-state index in [1.165, 1.54) is 0 Å². The van der Waals surface area contributed by atoms with Crippen LogP contribution in [0.15, 0.2) is 59.7 Å². The Morgan fingerprint density at radius 2 is 1.88 bits per heavy atom. The Bertz CT molecular complexity index is 1000. The summed E-state index contributed by atoms with van der Waals surface area (Å²) in [6, 6.07) is 15.2. The number of carbonyl (C=O) groups is 2. The first-order valence-electron chi connectivity index (χ1n) is 7.70. The maximum atomic E-state index is 12.4. The van der Waals surface area contributed by atoms with Gasteiger partial charge in [0, 0.05) is 17.1 Å². The number of amides is 2. The van der Waals surface area contributed by atoms with E-state index in [1.807, 2.05) is 55.5 Å². The van der Waals surface area contributed by atoms with Gasteiger partial charge >= 0.3 is 0 Å². The third-order valence-corrected chi connectivity index (χ3v) is 4.19. The second kappa shape index (κ2) is 5.45. The highest BCUT2D eigenvalue weighted by atomic mass is 16.2. The van der Waals surface area contributed by atoms with E-state index in [9.17, 15) is 9.59 Å². The zero-order valence-electron chi connectivity index (χ0n) is 13.0. The fourth-order valence-electron chi connectivity index (χ4n) is 3.08. The second-order valence-corrected chi connectivity index (χ2v) is 5.88. The normalized spacial score (nSPS) is 19.2. The van der Waals surface area contributed by atoms with Gasteiger partial charge in [0.15, 0.2) is 0 Å². The smallest absolute Gasteiger partial charge is 0.273 e. The van der Waals surface area contributed by atoms with Gasteiger partial charge in [-0.1, -0.05) is 30.3 Å². The van der Waals surface area contributed by atoms with Crippen molar-refractivity contribution in [3.63, 3.8) is 0 Å². The predicted molar refractivity (Wildman–Crippen MR) is 92.5 cm³/mol.